The molecule has 4 unspecified atom stereocenters. The Bertz CT molecular complexity index is 1210. The van der Waals surface area contributed by atoms with Gasteiger partial charge in [0.05, 0.1) is 12.1 Å². The van der Waals surface area contributed by atoms with Crippen LogP contribution in [0.1, 0.15) is 30.9 Å². The Morgan fingerprint density at radius 2 is 1.85 bits per heavy atom. The van der Waals surface area contributed by atoms with Crippen molar-refractivity contribution in [3.8, 4) is 0 Å². The van der Waals surface area contributed by atoms with Gasteiger partial charge in [0.1, 0.15) is 11.9 Å². The summed E-state index contributed by atoms with van der Waals surface area (Å²) in [5.74, 6) is -0.895. The van der Waals surface area contributed by atoms with Crippen LogP contribution in [0.3, 0.4) is 0 Å². The lowest BCUT2D eigenvalue weighted by atomic mass is 10.00. The topological polar surface area (TPSA) is 93.8 Å². The van der Waals surface area contributed by atoms with Gasteiger partial charge >= 0.3 is 0 Å². The molecule has 40 heavy (non-hydrogen) atoms. The summed E-state index contributed by atoms with van der Waals surface area (Å²) in [6, 6.07) is 9.38. The first-order chi connectivity index (χ1) is 19.2. The number of hydrogen-bond donors (Lipinski definition) is 3. The molecule has 2 saturated heterocycles. The second-order valence-corrected chi connectivity index (χ2v) is 11.3. The van der Waals surface area contributed by atoms with Crippen molar-refractivity contribution in [2.45, 2.75) is 56.8 Å². The first-order valence-electron chi connectivity index (χ1n) is 13.6. The summed E-state index contributed by atoms with van der Waals surface area (Å²) < 4.78 is 13.5. The number of benzene rings is 2. The number of carbonyl (C=O) groups is 3. The molecular formula is C29H36Cl2FN5O3. The highest BCUT2D eigenvalue weighted by molar-refractivity contribution is 6.35. The number of carbonyl (C=O) groups excluding carboxylic acids is 3. The maximum atomic E-state index is 13.9. The van der Waals surface area contributed by atoms with Crippen molar-refractivity contribution in [1.82, 2.24) is 25.8 Å². The Morgan fingerprint density at radius 1 is 1.10 bits per heavy atom. The number of halogens is 3. The number of nitrogens with zero attached hydrogens (tertiary/aromatic N) is 2. The molecule has 2 heterocycles. The molecule has 8 nitrogen and oxygen atoms in total. The van der Waals surface area contributed by atoms with Gasteiger partial charge in [0.15, 0.2) is 0 Å². The zero-order chi connectivity index (χ0) is 28.8. The van der Waals surface area contributed by atoms with Crippen molar-refractivity contribution < 1.29 is 18.8 Å². The third-order valence-electron chi connectivity index (χ3n) is 7.70. The highest BCUT2D eigenvalue weighted by atomic mass is 35.5. The molecule has 4 rings (SSSR count). The SMILES string of the molecule is CNC(=O)C(Cc1ccc(Cl)cc1Cl)N1CCN(C(=O)C(Cc2ccc(F)cc2)NC(=O)C2CCCN2)C(C)C1. The van der Waals surface area contributed by atoms with Gasteiger partial charge in [-0.25, -0.2) is 4.39 Å². The lowest BCUT2D eigenvalue weighted by Gasteiger charge is -2.44. The van der Waals surface area contributed by atoms with E-state index >= 15 is 0 Å². The molecule has 0 saturated carbocycles. The molecule has 3 N–H and O–H groups in total. The predicted molar refractivity (Wildman–Crippen MR) is 154 cm³/mol. The molecule has 2 aromatic rings. The fourth-order valence-electron chi connectivity index (χ4n) is 5.48. The summed E-state index contributed by atoms with van der Waals surface area (Å²) in [7, 11) is 1.60. The number of amides is 3. The molecule has 2 aliphatic rings. The quantitative estimate of drug-likeness (QED) is 0.417. The summed E-state index contributed by atoms with van der Waals surface area (Å²) in [5, 5.41) is 9.90. The van der Waals surface area contributed by atoms with Crippen LogP contribution in [0.5, 0.6) is 0 Å². The van der Waals surface area contributed by atoms with Crippen LogP contribution < -0.4 is 16.0 Å². The summed E-state index contributed by atoms with van der Waals surface area (Å²) >= 11 is 12.5. The van der Waals surface area contributed by atoms with Crippen molar-refractivity contribution >= 4 is 40.9 Å². The Morgan fingerprint density at radius 3 is 2.48 bits per heavy atom. The zero-order valence-corrected chi connectivity index (χ0v) is 24.3. The molecule has 216 valence electrons. The highest BCUT2D eigenvalue weighted by Crippen LogP contribution is 2.25. The molecule has 2 fully saturated rings. The van der Waals surface area contributed by atoms with E-state index < -0.39 is 12.1 Å². The lowest BCUT2D eigenvalue weighted by molar-refractivity contribution is -0.141. The lowest BCUT2D eigenvalue weighted by Crippen LogP contribution is -2.62. The third kappa shape index (κ3) is 7.51. The summed E-state index contributed by atoms with van der Waals surface area (Å²) in [5.41, 5.74) is 1.57. The number of hydrogen-bond acceptors (Lipinski definition) is 5. The first-order valence-corrected chi connectivity index (χ1v) is 14.4. The van der Waals surface area contributed by atoms with Gasteiger partial charge in [0.2, 0.25) is 17.7 Å². The second kappa shape index (κ2) is 13.8. The smallest absolute Gasteiger partial charge is 0.245 e. The monoisotopic (exact) mass is 591 g/mol. The molecule has 2 aromatic carbocycles. The normalized spacial score (nSPS) is 21.1. The van der Waals surface area contributed by atoms with E-state index in [-0.39, 0.29) is 42.0 Å². The van der Waals surface area contributed by atoms with Crippen molar-refractivity contribution in [2.24, 2.45) is 0 Å². The van der Waals surface area contributed by atoms with Crippen molar-refractivity contribution in [2.75, 3.05) is 33.2 Å². The van der Waals surface area contributed by atoms with Crippen LogP contribution in [-0.4, -0.2) is 84.9 Å². The van der Waals surface area contributed by atoms with Crippen molar-refractivity contribution in [1.29, 1.82) is 0 Å². The van der Waals surface area contributed by atoms with Gasteiger partial charge in [-0.1, -0.05) is 41.4 Å². The Hall–Kier alpha value is -2.72. The molecule has 0 spiro atoms. The molecule has 4 atom stereocenters. The summed E-state index contributed by atoms with van der Waals surface area (Å²) in [4.78, 5) is 43.6. The van der Waals surface area contributed by atoms with Gasteiger partial charge in [-0.3, -0.25) is 19.3 Å². The number of nitrogens with one attached hydrogen (secondary N) is 3. The molecule has 0 aromatic heterocycles. The number of likely N-dealkylation sites (N-methyl/N-ethyl adjacent to an activating group) is 1. The van der Waals surface area contributed by atoms with Crippen LogP contribution in [-0.2, 0) is 27.2 Å². The minimum absolute atomic E-state index is 0.136. The standard InChI is InChI=1S/C29H36Cl2FN5O3/c1-18-17-36(26(28(39)33-2)15-20-7-8-21(30)16-23(20)31)12-13-37(18)29(40)25(14-19-5-9-22(32)10-6-19)35-27(38)24-4-3-11-34-24/h5-10,16,18,24-26,34H,3-4,11-15,17H2,1-2H3,(H,33,39)(H,35,38). The number of rotatable bonds is 9. The maximum absolute atomic E-state index is 13.9. The first kappa shape index (κ1) is 30.2. The van der Waals surface area contributed by atoms with Gasteiger partial charge in [0, 0.05) is 49.2 Å². The molecule has 11 heteroatoms. The highest BCUT2D eigenvalue weighted by Gasteiger charge is 2.37. The van der Waals surface area contributed by atoms with Crippen LogP contribution >= 0.6 is 23.2 Å². The van der Waals surface area contributed by atoms with Crippen molar-refractivity contribution in [3.63, 3.8) is 0 Å². The van der Waals surface area contributed by atoms with Crippen LogP contribution in [0.25, 0.3) is 0 Å². The minimum Gasteiger partial charge on any atom is -0.358 e. The molecule has 0 radical (unpaired) electrons. The van der Waals surface area contributed by atoms with Gasteiger partial charge in [-0.05, 0) is 68.1 Å². The van der Waals surface area contributed by atoms with E-state index in [0.29, 0.717) is 36.1 Å². The van der Waals surface area contributed by atoms with Crippen LogP contribution in [0.2, 0.25) is 10.0 Å². The Labute approximate surface area is 244 Å². The largest absolute Gasteiger partial charge is 0.358 e. The van der Waals surface area contributed by atoms with Gasteiger partial charge in [0.25, 0.3) is 0 Å². The van der Waals surface area contributed by atoms with E-state index in [9.17, 15) is 18.8 Å². The van der Waals surface area contributed by atoms with Crippen molar-refractivity contribution in [3.05, 3.63) is 69.5 Å². The van der Waals surface area contributed by atoms with Crippen LogP contribution in [0.15, 0.2) is 42.5 Å². The average molecular weight is 593 g/mol. The fourth-order valence-corrected chi connectivity index (χ4v) is 5.97. The van der Waals surface area contributed by atoms with E-state index in [2.05, 4.69) is 20.9 Å². The predicted octanol–water partition coefficient (Wildman–Crippen LogP) is 2.80. The van der Waals surface area contributed by atoms with E-state index in [1.807, 2.05) is 13.0 Å². The molecule has 2 aliphatic heterocycles. The Kier molecular flexibility index (Phi) is 10.4. The van der Waals surface area contributed by atoms with Gasteiger partial charge in [-0.15, -0.1) is 0 Å². The fraction of sp³-hybridized carbons (Fsp3) is 0.483. The number of piperazine rings is 1. The maximum Gasteiger partial charge on any atom is 0.245 e. The molecular weight excluding hydrogens is 556 g/mol. The third-order valence-corrected chi connectivity index (χ3v) is 8.29. The summed E-state index contributed by atoms with van der Waals surface area (Å²) in [6.45, 7) is 4.04. The zero-order valence-electron chi connectivity index (χ0n) is 22.8. The molecule has 0 aliphatic carbocycles. The van der Waals surface area contributed by atoms with Crippen LogP contribution in [0, 0.1) is 5.82 Å². The minimum atomic E-state index is -0.794. The van der Waals surface area contributed by atoms with E-state index in [1.165, 1.54) is 12.1 Å². The van der Waals surface area contributed by atoms with E-state index in [1.54, 1.807) is 36.2 Å². The van der Waals surface area contributed by atoms with Crippen LogP contribution in [0.4, 0.5) is 4.39 Å². The second-order valence-electron chi connectivity index (χ2n) is 10.5. The van der Waals surface area contributed by atoms with Gasteiger partial charge < -0.3 is 20.9 Å². The average Bonchev–Trinajstić information content (AvgIpc) is 3.48. The molecule has 0 bridgehead atoms. The van der Waals surface area contributed by atoms with E-state index in [4.69, 9.17) is 23.2 Å². The van der Waals surface area contributed by atoms with Gasteiger partial charge in [-0.2, -0.15) is 0 Å². The Balaban J connectivity index is 1.48. The molecule has 3 amide bonds. The van der Waals surface area contributed by atoms with E-state index in [0.717, 1.165) is 30.5 Å². The summed E-state index contributed by atoms with van der Waals surface area (Å²) in [6.07, 6.45) is 2.27.